The van der Waals surface area contributed by atoms with Crippen LogP contribution in [0.3, 0.4) is 0 Å². The Morgan fingerprint density at radius 3 is 2.50 bits per heavy atom. The fraction of sp³-hybridized carbons (Fsp3) is 0.227. The molecule has 0 radical (unpaired) electrons. The molecule has 30 heavy (non-hydrogen) atoms. The molecule has 2 heterocycles. The van der Waals surface area contributed by atoms with Gasteiger partial charge in [0.1, 0.15) is 5.75 Å². The van der Waals surface area contributed by atoms with Crippen LogP contribution in [0.15, 0.2) is 36.5 Å². The first-order valence-electron chi connectivity index (χ1n) is 9.20. The SMILES string of the molecule is COC(=O)C(CC=Cc1cccc2c1/C(=C/c1[nH]ccc1OC)C(=O)N2)C(=O)OC. The minimum Gasteiger partial charge on any atom is -0.495 e. The Bertz CT molecular complexity index is 1020. The Kier molecular flexibility index (Phi) is 6.36. The number of esters is 2. The Balaban J connectivity index is 1.93. The summed E-state index contributed by atoms with van der Waals surface area (Å²) in [5.41, 5.74) is 3.31. The number of carbonyl (C=O) groups excluding carboxylic acids is 3. The van der Waals surface area contributed by atoms with Gasteiger partial charge in [-0.05, 0) is 30.2 Å². The van der Waals surface area contributed by atoms with Crippen molar-refractivity contribution < 1.29 is 28.6 Å². The molecule has 1 aliphatic rings. The van der Waals surface area contributed by atoms with Gasteiger partial charge in [0.05, 0.1) is 32.6 Å². The predicted octanol–water partition coefficient (Wildman–Crippen LogP) is 2.88. The topological polar surface area (TPSA) is 107 Å². The number of ether oxygens (including phenoxy) is 3. The van der Waals surface area contributed by atoms with Crippen molar-refractivity contribution >= 4 is 41.3 Å². The van der Waals surface area contributed by atoms with Crippen molar-refractivity contribution in [2.75, 3.05) is 26.6 Å². The van der Waals surface area contributed by atoms with E-state index >= 15 is 0 Å². The van der Waals surface area contributed by atoms with E-state index < -0.39 is 17.9 Å². The molecule has 0 aliphatic carbocycles. The Hall–Kier alpha value is -3.81. The number of carbonyl (C=O) groups is 3. The van der Waals surface area contributed by atoms with Crippen LogP contribution >= 0.6 is 0 Å². The molecule has 1 aromatic heterocycles. The summed E-state index contributed by atoms with van der Waals surface area (Å²) < 4.78 is 14.6. The van der Waals surface area contributed by atoms with Gasteiger partial charge in [0.15, 0.2) is 5.92 Å². The van der Waals surface area contributed by atoms with E-state index in [1.54, 1.807) is 37.6 Å². The van der Waals surface area contributed by atoms with Crippen molar-refractivity contribution in [1.82, 2.24) is 4.98 Å². The van der Waals surface area contributed by atoms with Crippen LogP contribution in [0, 0.1) is 5.92 Å². The summed E-state index contributed by atoms with van der Waals surface area (Å²) in [6, 6.07) is 7.24. The third-order valence-electron chi connectivity index (χ3n) is 4.75. The number of hydrogen-bond donors (Lipinski definition) is 2. The number of anilines is 1. The summed E-state index contributed by atoms with van der Waals surface area (Å²) >= 11 is 0. The van der Waals surface area contributed by atoms with Crippen LogP contribution in [0.25, 0.3) is 17.7 Å². The number of benzene rings is 1. The Morgan fingerprint density at radius 1 is 1.10 bits per heavy atom. The van der Waals surface area contributed by atoms with Gasteiger partial charge in [0.2, 0.25) is 0 Å². The molecule has 156 valence electrons. The summed E-state index contributed by atoms with van der Waals surface area (Å²) in [7, 11) is 3.99. The summed E-state index contributed by atoms with van der Waals surface area (Å²) in [6.45, 7) is 0. The van der Waals surface area contributed by atoms with Crippen LogP contribution < -0.4 is 10.1 Å². The minimum absolute atomic E-state index is 0.105. The average molecular weight is 410 g/mol. The second-order valence-electron chi connectivity index (χ2n) is 6.48. The highest BCUT2D eigenvalue weighted by Gasteiger charge is 2.28. The van der Waals surface area contributed by atoms with Gasteiger partial charge in [-0.2, -0.15) is 0 Å². The van der Waals surface area contributed by atoms with Crippen LogP contribution in [0.5, 0.6) is 5.75 Å². The largest absolute Gasteiger partial charge is 0.495 e. The molecule has 0 bridgehead atoms. The lowest BCUT2D eigenvalue weighted by atomic mass is 9.98. The third-order valence-corrected chi connectivity index (χ3v) is 4.75. The monoisotopic (exact) mass is 410 g/mol. The van der Waals surface area contributed by atoms with E-state index in [-0.39, 0.29) is 12.3 Å². The van der Waals surface area contributed by atoms with E-state index in [9.17, 15) is 14.4 Å². The van der Waals surface area contributed by atoms with Crippen molar-refractivity contribution in [3.05, 3.63) is 53.4 Å². The minimum atomic E-state index is -1.05. The van der Waals surface area contributed by atoms with Crippen LogP contribution in [0.2, 0.25) is 0 Å². The molecule has 1 aromatic carbocycles. The fourth-order valence-corrected chi connectivity index (χ4v) is 3.26. The molecule has 2 aromatic rings. The second-order valence-corrected chi connectivity index (χ2v) is 6.48. The molecule has 0 fully saturated rings. The zero-order valence-corrected chi connectivity index (χ0v) is 16.9. The summed E-state index contributed by atoms with van der Waals surface area (Å²) in [4.78, 5) is 39.3. The zero-order chi connectivity index (χ0) is 21.7. The summed E-state index contributed by atoms with van der Waals surface area (Å²) in [5, 5.41) is 2.85. The van der Waals surface area contributed by atoms with E-state index in [1.165, 1.54) is 14.2 Å². The quantitative estimate of drug-likeness (QED) is 0.413. The van der Waals surface area contributed by atoms with E-state index in [0.717, 1.165) is 11.1 Å². The molecule has 1 amide bonds. The number of nitrogens with one attached hydrogen (secondary N) is 2. The van der Waals surface area contributed by atoms with Crippen LogP contribution in [-0.2, 0) is 23.9 Å². The average Bonchev–Trinajstić information content (AvgIpc) is 3.34. The molecule has 2 N–H and O–H groups in total. The maximum absolute atomic E-state index is 12.6. The molecule has 0 saturated heterocycles. The number of aromatic nitrogens is 1. The fourth-order valence-electron chi connectivity index (χ4n) is 3.26. The summed E-state index contributed by atoms with van der Waals surface area (Å²) in [6.07, 6.45) is 7.00. The van der Waals surface area contributed by atoms with Crippen LogP contribution in [0.4, 0.5) is 5.69 Å². The molecule has 1 aliphatic heterocycles. The van der Waals surface area contributed by atoms with Gasteiger partial charge in [0.25, 0.3) is 5.91 Å². The number of fused-ring (bicyclic) bond motifs is 1. The molecular formula is C22H22N2O6. The number of H-pyrrole nitrogens is 1. The predicted molar refractivity (Wildman–Crippen MR) is 111 cm³/mol. The second kappa shape index (κ2) is 9.13. The van der Waals surface area contributed by atoms with Gasteiger partial charge < -0.3 is 24.5 Å². The van der Waals surface area contributed by atoms with Gasteiger partial charge >= 0.3 is 11.9 Å². The molecule has 8 nitrogen and oxygen atoms in total. The first kappa shape index (κ1) is 20.9. The van der Waals surface area contributed by atoms with E-state index in [0.29, 0.717) is 22.7 Å². The highest BCUT2D eigenvalue weighted by molar-refractivity contribution is 6.35. The third kappa shape index (κ3) is 4.12. The highest BCUT2D eigenvalue weighted by atomic mass is 16.5. The standard InChI is InChI=1S/C22H22N2O6/c1-28-18-10-11-23-17(18)12-15-19-13(7-5-9-16(19)24-20(15)25)6-4-8-14(21(26)29-2)22(27)30-3/h4-7,9-12,14,23H,8H2,1-3H3,(H,24,25)/b6-4?,15-12-. The smallest absolute Gasteiger partial charge is 0.320 e. The van der Waals surface area contributed by atoms with Crippen molar-refractivity contribution in [2.24, 2.45) is 5.92 Å². The number of aromatic amines is 1. The Labute approximate surface area is 173 Å². The van der Waals surface area contributed by atoms with E-state index in [2.05, 4.69) is 19.8 Å². The molecule has 3 rings (SSSR count). The van der Waals surface area contributed by atoms with Crippen molar-refractivity contribution in [3.8, 4) is 5.75 Å². The highest BCUT2D eigenvalue weighted by Crippen LogP contribution is 2.37. The van der Waals surface area contributed by atoms with Gasteiger partial charge in [-0.25, -0.2) is 0 Å². The molecule has 0 spiro atoms. The maximum Gasteiger partial charge on any atom is 0.320 e. The Morgan fingerprint density at radius 2 is 1.83 bits per heavy atom. The lowest BCUT2D eigenvalue weighted by Crippen LogP contribution is -2.25. The van der Waals surface area contributed by atoms with Gasteiger partial charge in [-0.1, -0.05) is 24.3 Å². The number of hydrogen-bond acceptors (Lipinski definition) is 6. The first-order valence-corrected chi connectivity index (χ1v) is 9.20. The molecule has 0 saturated carbocycles. The molecular weight excluding hydrogens is 388 g/mol. The van der Waals surface area contributed by atoms with Gasteiger partial charge in [0, 0.05) is 17.4 Å². The van der Waals surface area contributed by atoms with Crippen LogP contribution in [0.1, 0.15) is 23.2 Å². The number of methoxy groups -OCH3 is 3. The van der Waals surface area contributed by atoms with E-state index in [1.807, 2.05) is 18.2 Å². The first-order chi connectivity index (χ1) is 14.5. The van der Waals surface area contributed by atoms with Gasteiger partial charge in [-0.3, -0.25) is 14.4 Å². The summed E-state index contributed by atoms with van der Waals surface area (Å²) in [5.74, 6) is -1.99. The zero-order valence-electron chi connectivity index (χ0n) is 16.9. The maximum atomic E-state index is 12.6. The van der Waals surface area contributed by atoms with E-state index in [4.69, 9.17) is 4.74 Å². The number of allylic oxidation sites excluding steroid dienone is 1. The number of amides is 1. The van der Waals surface area contributed by atoms with Crippen molar-refractivity contribution in [2.45, 2.75) is 6.42 Å². The normalized spacial score (nSPS) is 14.1. The molecule has 8 heteroatoms. The number of rotatable bonds is 7. The van der Waals surface area contributed by atoms with Crippen molar-refractivity contribution in [3.63, 3.8) is 0 Å². The van der Waals surface area contributed by atoms with Gasteiger partial charge in [-0.15, -0.1) is 0 Å². The molecule has 0 atom stereocenters. The molecule has 0 unspecified atom stereocenters. The lowest BCUT2D eigenvalue weighted by molar-refractivity contribution is -0.158. The van der Waals surface area contributed by atoms with Crippen molar-refractivity contribution in [1.29, 1.82) is 0 Å². The lowest BCUT2D eigenvalue weighted by Gasteiger charge is -2.10. The van der Waals surface area contributed by atoms with Crippen LogP contribution in [-0.4, -0.2) is 44.2 Å².